The fourth-order valence-corrected chi connectivity index (χ4v) is 3.75. The summed E-state index contributed by atoms with van der Waals surface area (Å²) in [4.78, 5) is 21.2. The number of amides is 1. The van der Waals surface area contributed by atoms with E-state index in [1.807, 2.05) is 17.0 Å². The minimum atomic E-state index is -0.143. The summed E-state index contributed by atoms with van der Waals surface area (Å²) in [6.45, 7) is 6.86. The van der Waals surface area contributed by atoms with Crippen molar-refractivity contribution in [3.63, 3.8) is 0 Å². The molecule has 2 aromatic rings. The Kier molecular flexibility index (Phi) is 5.92. The van der Waals surface area contributed by atoms with Gasteiger partial charge in [0.2, 0.25) is 5.91 Å². The first-order chi connectivity index (χ1) is 13.7. The number of hydrogen-bond donors (Lipinski definition) is 0. The summed E-state index contributed by atoms with van der Waals surface area (Å²) >= 11 is 0. The number of rotatable bonds is 5. The molecule has 1 atom stereocenters. The molecule has 2 saturated heterocycles. The van der Waals surface area contributed by atoms with Crippen LogP contribution in [0.5, 0.6) is 0 Å². The average molecular weight is 385 g/mol. The molecule has 0 aromatic carbocycles. The van der Waals surface area contributed by atoms with Crippen LogP contribution in [0.3, 0.4) is 0 Å². The van der Waals surface area contributed by atoms with E-state index in [-0.39, 0.29) is 18.6 Å². The topological polar surface area (TPSA) is 89.3 Å². The van der Waals surface area contributed by atoms with Crippen molar-refractivity contribution in [2.24, 2.45) is 5.92 Å². The van der Waals surface area contributed by atoms with Crippen molar-refractivity contribution in [2.45, 2.75) is 39.0 Å². The molecule has 2 aromatic heterocycles. The molecule has 0 bridgehead atoms. The summed E-state index contributed by atoms with van der Waals surface area (Å²) in [5, 5.41) is 12.0. The first-order valence-corrected chi connectivity index (χ1v) is 9.95. The molecule has 4 heterocycles. The van der Waals surface area contributed by atoms with Gasteiger partial charge in [0.15, 0.2) is 5.82 Å². The predicted molar refractivity (Wildman–Crippen MR) is 101 cm³/mol. The van der Waals surface area contributed by atoms with Crippen LogP contribution in [0.4, 0.5) is 0 Å². The van der Waals surface area contributed by atoms with Crippen molar-refractivity contribution in [1.82, 2.24) is 35.0 Å². The molecular weight excluding hydrogens is 358 g/mol. The summed E-state index contributed by atoms with van der Waals surface area (Å²) < 4.78 is 7.46. The van der Waals surface area contributed by atoms with Gasteiger partial charge >= 0.3 is 0 Å². The monoisotopic (exact) mass is 385 g/mol. The van der Waals surface area contributed by atoms with Crippen molar-refractivity contribution in [2.75, 3.05) is 32.8 Å². The first kappa shape index (κ1) is 18.9. The van der Waals surface area contributed by atoms with Crippen LogP contribution < -0.4 is 0 Å². The van der Waals surface area contributed by atoms with E-state index >= 15 is 0 Å². The van der Waals surface area contributed by atoms with Crippen LogP contribution in [0.25, 0.3) is 0 Å². The lowest BCUT2D eigenvalue weighted by atomic mass is 9.99. The second-order valence-electron chi connectivity index (χ2n) is 7.70. The molecule has 1 unspecified atom stereocenters. The van der Waals surface area contributed by atoms with Crippen LogP contribution in [0, 0.1) is 5.92 Å². The lowest BCUT2D eigenvalue weighted by molar-refractivity contribution is -0.140. The Morgan fingerprint density at radius 1 is 1.29 bits per heavy atom. The van der Waals surface area contributed by atoms with Gasteiger partial charge in [0.25, 0.3) is 0 Å². The Bertz CT molecular complexity index is 774. The minimum Gasteiger partial charge on any atom is -0.370 e. The van der Waals surface area contributed by atoms with Crippen molar-refractivity contribution < 1.29 is 9.53 Å². The zero-order valence-electron chi connectivity index (χ0n) is 16.3. The van der Waals surface area contributed by atoms with Gasteiger partial charge in [-0.25, -0.2) is 4.68 Å². The number of hydrogen-bond acceptors (Lipinski definition) is 7. The Balaban J connectivity index is 1.35. The van der Waals surface area contributed by atoms with Gasteiger partial charge in [-0.1, -0.05) is 13.0 Å². The van der Waals surface area contributed by atoms with E-state index in [2.05, 4.69) is 32.3 Å². The van der Waals surface area contributed by atoms with Gasteiger partial charge in [0.1, 0.15) is 12.6 Å². The summed E-state index contributed by atoms with van der Waals surface area (Å²) in [6.07, 6.45) is 5.78. The third-order valence-corrected chi connectivity index (χ3v) is 5.61. The Hall–Kier alpha value is -2.39. The number of carbonyl (C=O) groups is 1. The van der Waals surface area contributed by atoms with Gasteiger partial charge in [0, 0.05) is 24.5 Å². The van der Waals surface area contributed by atoms with Crippen LogP contribution in [0.15, 0.2) is 24.5 Å². The Morgan fingerprint density at radius 2 is 2.14 bits per heavy atom. The number of likely N-dealkylation sites (tertiary alicyclic amines) is 1. The fourth-order valence-electron chi connectivity index (χ4n) is 3.75. The van der Waals surface area contributed by atoms with E-state index in [9.17, 15) is 4.79 Å². The summed E-state index contributed by atoms with van der Waals surface area (Å²) in [5.41, 5.74) is 0.988. The number of ether oxygens (including phenoxy) is 1. The minimum absolute atomic E-state index is 0.0120. The highest BCUT2D eigenvalue weighted by atomic mass is 16.5. The van der Waals surface area contributed by atoms with Crippen molar-refractivity contribution in [1.29, 1.82) is 0 Å². The molecule has 2 aliphatic rings. The largest absolute Gasteiger partial charge is 0.370 e. The third kappa shape index (κ3) is 4.53. The fraction of sp³-hybridized carbons (Fsp3) is 0.632. The van der Waals surface area contributed by atoms with Gasteiger partial charge in [-0.05, 0) is 48.3 Å². The molecule has 2 fully saturated rings. The first-order valence-electron chi connectivity index (χ1n) is 9.95. The molecule has 9 heteroatoms. The number of pyridine rings is 1. The van der Waals surface area contributed by atoms with E-state index < -0.39 is 0 Å². The lowest BCUT2D eigenvalue weighted by Crippen LogP contribution is -2.44. The number of nitrogens with zero attached hydrogens (tertiary/aromatic N) is 7. The van der Waals surface area contributed by atoms with Crippen LogP contribution in [-0.4, -0.2) is 73.7 Å². The van der Waals surface area contributed by atoms with E-state index in [0.29, 0.717) is 26.2 Å². The van der Waals surface area contributed by atoms with Gasteiger partial charge in [0.05, 0.1) is 19.7 Å². The standard InChI is InChI=1S/C19H27N7O2/c1-15-4-7-24(8-5-15)13-18-21-22-23-26(18)14-19(27)25-9-10-28-17(12-25)16-3-2-6-20-11-16/h2-3,6,11,15,17H,4-5,7-10,12-14H2,1H3. The highest BCUT2D eigenvalue weighted by molar-refractivity contribution is 5.76. The predicted octanol–water partition coefficient (Wildman–Crippen LogP) is 0.900. The average Bonchev–Trinajstić information content (AvgIpc) is 3.17. The number of morpholine rings is 1. The SMILES string of the molecule is CC1CCN(Cc2nnnn2CC(=O)N2CCOC(c3cccnc3)C2)CC1. The van der Waals surface area contributed by atoms with E-state index in [0.717, 1.165) is 30.4 Å². The number of carbonyl (C=O) groups excluding carboxylic acids is 1. The summed E-state index contributed by atoms with van der Waals surface area (Å²) in [7, 11) is 0. The maximum Gasteiger partial charge on any atom is 0.244 e. The van der Waals surface area contributed by atoms with Gasteiger partial charge in [-0.2, -0.15) is 0 Å². The molecule has 9 nitrogen and oxygen atoms in total. The third-order valence-electron chi connectivity index (χ3n) is 5.61. The maximum atomic E-state index is 12.9. The molecule has 2 aliphatic heterocycles. The second kappa shape index (κ2) is 8.74. The number of aromatic nitrogens is 5. The van der Waals surface area contributed by atoms with Gasteiger partial charge in [-0.3, -0.25) is 14.7 Å². The Labute approximate surface area is 164 Å². The molecule has 150 valence electrons. The van der Waals surface area contributed by atoms with Crippen molar-refractivity contribution in [3.8, 4) is 0 Å². The summed E-state index contributed by atoms with van der Waals surface area (Å²) in [5.74, 6) is 1.54. The van der Waals surface area contributed by atoms with Crippen LogP contribution in [-0.2, 0) is 22.6 Å². The van der Waals surface area contributed by atoms with Gasteiger partial charge in [-0.15, -0.1) is 5.10 Å². The smallest absolute Gasteiger partial charge is 0.244 e. The lowest BCUT2D eigenvalue weighted by Gasteiger charge is -2.33. The number of tetrazole rings is 1. The number of piperidine rings is 1. The highest BCUT2D eigenvalue weighted by Gasteiger charge is 2.27. The quantitative estimate of drug-likeness (QED) is 0.755. The molecule has 0 N–H and O–H groups in total. The molecule has 1 amide bonds. The second-order valence-corrected chi connectivity index (χ2v) is 7.70. The van der Waals surface area contributed by atoms with E-state index in [1.165, 1.54) is 12.8 Å². The molecule has 28 heavy (non-hydrogen) atoms. The van der Waals surface area contributed by atoms with Gasteiger partial charge < -0.3 is 9.64 Å². The van der Waals surface area contributed by atoms with Crippen molar-refractivity contribution >= 4 is 5.91 Å². The van der Waals surface area contributed by atoms with Crippen molar-refractivity contribution in [3.05, 3.63) is 35.9 Å². The highest BCUT2D eigenvalue weighted by Crippen LogP contribution is 2.22. The summed E-state index contributed by atoms with van der Waals surface area (Å²) in [6, 6.07) is 3.86. The zero-order chi connectivity index (χ0) is 19.3. The Morgan fingerprint density at radius 3 is 2.93 bits per heavy atom. The van der Waals surface area contributed by atoms with Crippen LogP contribution in [0.2, 0.25) is 0 Å². The van der Waals surface area contributed by atoms with Crippen LogP contribution in [0.1, 0.15) is 37.3 Å². The molecule has 0 radical (unpaired) electrons. The molecule has 0 spiro atoms. The normalized spacial score (nSPS) is 21.8. The molecule has 0 saturated carbocycles. The van der Waals surface area contributed by atoms with E-state index in [4.69, 9.17) is 4.74 Å². The molecule has 4 rings (SSSR count). The van der Waals surface area contributed by atoms with E-state index in [1.54, 1.807) is 17.1 Å². The maximum absolute atomic E-state index is 12.9. The van der Waals surface area contributed by atoms with Crippen LogP contribution >= 0.6 is 0 Å². The molecular formula is C19H27N7O2. The zero-order valence-corrected chi connectivity index (χ0v) is 16.3. The molecule has 0 aliphatic carbocycles.